The van der Waals surface area contributed by atoms with E-state index in [2.05, 4.69) is 12.2 Å². The van der Waals surface area contributed by atoms with E-state index in [0.29, 0.717) is 16.5 Å². The number of esters is 1. The highest BCUT2D eigenvalue weighted by molar-refractivity contribution is 7.17. The minimum atomic E-state index is -0.905. The number of aliphatic carboxylic acids is 1. The molecule has 1 amide bonds. The van der Waals surface area contributed by atoms with Crippen LogP contribution in [0.4, 0.5) is 5.00 Å². The lowest BCUT2D eigenvalue weighted by atomic mass is 9.78. The highest BCUT2D eigenvalue weighted by atomic mass is 32.1. The van der Waals surface area contributed by atoms with Crippen molar-refractivity contribution in [3.8, 4) is 0 Å². The Morgan fingerprint density at radius 2 is 1.78 bits per heavy atom. The zero-order valence-corrected chi connectivity index (χ0v) is 20.1. The van der Waals surface area contributed by atoms with Crippen LogP contribution in [0.15, 0.2) is 11.1 Å². The Labute approximate surface area is 193 Å². The van der Waals surface area contributed by atoms with E-state index in [1.54, 1.807) is 6.92 Å². The summed E-state index contributed by atoms with van der Waals surface area (Å²) in [7, 11) is 0. The van der Waals surface area contributed by atoms with Crippen molar-refractivity contribution < 1.29 is 24.2 Å². The predicted octanol–water partition coefficient (Wildman–Crippen LogP) is 5.07. The summed E-state index contributed by atoms with van der Waals surface area (Å²) < 4.78 is 5.33. The molecule has 174 valence electrons. The molecule has 3 aliphatic rings. The van der Waals surface area contributed by atoms with Crippen molar-refractivity contribution in [2.24, 2.45) is 29.6 Å². The summed E-state index contributed by atoms with van der Waals surface area (Å²) in [4.78, 5) is 39.6. The van der Waals surface area contributed by atoms with E-state index in [-0.39, 0.29) is 24.3 Å². The van der Waals surface area contributed by atoms with Crippen LogP contribution in [-0.4, -0.2) is 29.6 Å². The highest BCUT2D eigenvalue weighted by Gasteiger charge is 2.57. The standard InChI is InChI=1S/C25H33NO5S/c1-5-13-7-8-14-17(11-13)32-23(21(14)25(30)31-6-2)26-22(27)19-15-9-10-16(18(15)12(3)4)20(19)24(28)29/h13,15-16,19-20H,5-11H2,1-4H3,(H,26,27)(H,28,29)/t13-,15+,16+,19-,20-/m1/s1. The van der Waals surface area contributed by atoms with Crippen LogP contribution < -0.4 is 5.32 Å². The van der Waals surface area contributed by atoms with Gasteiger partial charge in [0.1, 0.15) is 5.00 Å². The zero-order chi connectivity index (χ0) is 23.2. The lowest BCUT2D eigenvalue weighted by molar-refractivity contribution is -0.148. The van der Waals surface area contributed by atoms with E-state index in [9.17, 15) is 19.5 Å². The molecule has 2 N–H and O–H groups in total. The lowest BCUT2D eigenvalue weighted by Gasteiger charge is -2.26. The number of carbonyl (C=O) groups is 3. The number of carbonyl (C=O) groups excluding carboxylic acids is 2. The first-order valence-corrected chi connectivity index (χ1v) is 12.6. The second-order valence-electron chi connectivity index (χ2n) is 9.57. The summed E-state index contributed by atoms with van der Waals surface area (Å²) in [5, 5.41) is 13.5. The molecule has 2 bridgehead atoms. The zero-order valence-electron chi connectivity index (χ0n) is 19.3. The lowest BCUT2D eigenvalue weighted by Crippen LogP contribution is -2.38. The topological polar surface area (TPSA) is 92.7 Å². The van der Waals surface area contributed by atoms with Gasteiger partial charge in [-0.25, -0.2) is 4.79 Å². The van der Waals surface area contributed by atoms with Crippen molar-refractivity contribution in [3.63, 3.8) is 0 Å². The number of rotatable bonds is 6. The maximum atomic E-state index is 13.5. The molecule has 1 heterocycles. The van der Waals surface area contributed by atoms with Gasteiger partial charge in [-0.2, -0.15) is 0 Å². The van der Waals surface area contributed by atoms with Gasteiger partial charge in [-0.1, -0.05) is 24.5 Å². The van der Waals surface area contributed by atoms with Crippen molar-refractivity contribution in [1.82, 2.24) is 0 Å². The average Bonchev–Trinajstić information content (AvgIpc) is 3.42. The summed E-state index contributed by atoms with van der Waals surface area (Å²) in [6.07, 6.45) is 5.50. The third-order valence-corrected chi connectivity index (χ3v) is 8.84. The van der Waals surface area contributed by atoms with Crippen LogP contribution in [0.2, 0.25) is 0 Å². The van der Waals surface area contributed by atoms with Gasteiger partial charge >= 0.3 is 11.9 Å². The first-order chi connectivity index (χ1) is 15.3. The van der Waals surface area contributed by atoms with Crippen molar-refractivity contribution in [3.05, 3.63) is 27.2 Å². The molecule has 0 spiro atoms. The van der Waals surface area contributed by atoms with Gasteiger partial charge in [-0.15, -0.1) is 11.3 Å². The second-order valence-corrected chi connectivity index (χ2v) is 10.7. The number of ether oxygens (including phenoxy) is 1. The largest absolute Gasteiger partial charge is 0.481 e. The van der Waals surface area contributed by atoms with Crippen molar-refractivity contribution in [2.75, 3.05) is 11.9 Å². The van der Waals surface area contributed by atoms with Gasteiger partial charge in [0.25, 0.3) is 0 Å². The van der Waals surface area contributed by atoms with E-state index in [0.717, 1.165) is 60.1 Å². The Morgan fingerprint density at radius 1 is 1.09 bits per heavy atom. The molecule has 5 atom stereocenters. The maximum Gasteiger partial charge on any atom is 0.341 e. The molecule has 7 heteroatoms. The monoisotopic (exact) mass is 459 g/mol. The molecule has 4 rings (SSSR count). The quantitative estimate of drug-likeness (QED) is 0.458. The number of fused-ring (bicyclic) bond motifs is 3. The third-order valence-electron chi connectivity index (χ3n) is 7.67. The molecular weight excluding hydrogens is 426 g/mol. The van der Waals surface area contributed by atoms with E-state index < -0.39 is 23.8 Å². The first-order valence-electron chi connectivity index (χ1n) is 11.8. The van der Waals surface area contributed by atoms with E-state index >= 15 is 0 Å². The fourth-order valence-electron chi connectivity index (χ4n) is 6.31. The van der Waals surface area contributed by atoms with Crippen LogP contribution in [0.5, 0.6) is 0 Å². The molecule has 1 aromatic heterocycles. The maximum absolute atomic E-state index is 13.5. The number of thiophene rings is 1. The van der Waals surface area contributed by atoms with E-state index in [1.165, 1.54) is 11.3 Å². The second kappa shape index (κ2) is 9.00. The van der Waals surface area contributed by atoms with E-state index in [4.69, 9.17) is 4.74 Å². The smallest absolute Gasteiger partial charge is 0.341 e. The molecule has 0 aromatic carbocycles. The minimum absolute atomic E-state index is 0.0313. The van der Waals surface area contributed by atoms with Crippen LogP contribution >= 0.6 is 11.3 Å². The van der Waals surface area contributed by atoms with Crippen LogP contribution in [-0.2, 0) is 27.2 Å². The molecule has 3 aliphatic carbocycles. The number of hydrogen-bond acceptors (Lipinski definition) is 5. The van der Waals surface area contributed by atoms with Crippen LogP contribution in [0, 0.1) is 29.6 Å². The fourth-order valence-corrected chi connectivity index (χ4v) is 7.66. The summed E-state index contributed by atoms with van der Waals surface area (Å²) in [6, 6.07) is 0. The minimum Gasteiger partial charge on any atom is -0.481 e. The predicted molar refractivity (Wildman–Crippen MR) is 124 cm³/mol. The molecule has 0 radical (unpaired) electrons. The molecule has 6 nitrogen and oxygen atoms in total. The molecule has 2 fully saturated rings. The van der Waals surface area contributed by atoms with E-state index in [1.807, 2.05) is 13.8 Å². The molecular formula is C25H33NO5S. The number of carboxylic acids is 1. The molecule has 32 heavy (non-hydrogen) atoms. The number of amides is 1. The van der Waals surface area contributed by atoms with Crippen LogP contribution in [0.3, 0.4) is 0 Å². The third kappa shape index (κ3) is 3.78. The number of nitrogens with one attached hydrogen (secondary N) is 1. The Morgan fingerprint density at radius 3 is 2.38 bits per heavy atom. The highest BCUT2D eigenvalue weighted by Crippen LogP contribution is 2.57. The molecule has 2 saturated carbocycles. The SMILES string of the molecule is CCOC(=O)c1c(NC(=O)[C@H]2[C@H](C(=O)O)[C@H]3CC[C@H]2C3=C(C)C)sc2c1CC[C@@H](CC)C2. The van der Waals surface area contributed by atoms with Crippen molar-refractivity contribution in [1.29, 1.82) is 0 Å². The van der Waals surface area contributed by atoms with Gasteiger partial charge in [0.05, 0.1) is 24.0 Å². The van der Waals surface area contributed by atoms with Crippen LogP contribution in [0.1, 0.15) is 74.2 Å². The Balaban J connectivity index is 1.67. The number of anilines is 1. The van der Waals surface area contributed by atoms with Crippen molar-refractivity contribution >= 4 is 34.2 Å². The molecule has 0 aliphatic heterocycles. The number of carboxylic acid groups (broad SMARTS) is 1. The normalized spacial score (nSPS) is 28.4. The summed E-state index contributed by atoms with van der Waals surface area (Å²) in [6.45, 7) is 8.24. The Hall–Kier alpha value is -2.15. The molecule has 0 saturated heterocycles. The van der Waals surface area contributed by atoms with Gasteiger partial charge in [0.2, 0.25) is 5.91 Å². The van der Waals surface area contributed by atoms with Gasteiger partial charge < -0.3 is 15.2 Å². The van der Waals surface area contributed by atoms with Crippen molar-refractivity contribution in [2.45, 2.75) is 66.2 Å². The summed E-state index contributed by atoms with van der Waals surface area (Å²) in [5.41, 5.74) is 3.76. The van der Waals surface area contributed by atoms with Gasteiger partial charge in [-0.05, 0) is 76.2 Å². The Kier molecular flexibility index (Phi) is 6.48. The first kappa shape index (κ1) is 23.0. The van der Waals surface area contributed by atoms with Gasteiger partial charge in [-0.3, -0.25) is 9.59 Å². The number of allylic oxidation sites excluding steroid dienone is 2. The molecule has 1 aromatic rings. The molecule has 0 unspecified atom stereocenters. The summed E-state index contributed by atoms with van der Waals surface area (Å²) >= 11 is 1.47. The fraction of sp³-hybridized carbons (Fsp3) is 0.640. The number of hydrogen-bond donors (Lipinski definition) is 2. The Bertz CT molecular complexity index is 973. The summed E-state index contributed by atoms with van der Waals surface area (Å²) in [5.74, 6) is -2.40. The van der Waals surface area contributed by atoms with Crippen LogP contribution in [0.25, 0.3) is 0 Å². The average molecular weight is 460 g/mol. The van der Waals surface area contributed by atoms with Gasteiger partial charge in [0.15, 0.2) is 0 Å². The van der Waals surface area contributed by atoms with Gasteiger partial charge in [0, 0.05) is 4.88 Å².